The van der Waals surface area contributed by atoms with Crippen molar-refractivity contribution in [1.82, 2.24) is 0 Å². The molecule has 2 rings (SSSR count). The zero-order chi connectivity index (χ0) is 21.2. The molecular weight excluding hydrogens is 370 g/mol. The van der Waals surface area contributed by atoms with Crippen LogP contribution in [0.1, 0.15) is 44.7 Å². The number of esters is 1. The Balaban J connectivity index is 1.91. The topological polar surface area (TPSA) is 73.9 Å². The van der Waals surface area contributed by atoms with E-state index in [1.165, 1.54) is 0 Å². The van der Waals surface area contributed by atoms with Crippen LogP contribution in [0.2, 0.25) is 0 Å². The van der Waals surface area contributed by atoms with E-state index in [-0.39, 0.29) is 24.9 Å². The maximum absolute atomic E-state index is 12.2. The molecule has 0 radical (unpaired) electrons. The van der Waals surface area contributed by atoms with Crippen LogP contribution in [0.3, 0.4) is 0 Å². The first-order valence-corrected chi connectivity index (χ1v) is 9.87. The molecule has 0 fully saturated rings. The van der Waals surface area contributed by atoms with Crippen molar-refractivity contribution < 1.29 is 23.8 Å². The van der Waals surface area contributed by atoms with Crippen molar-refractivity contribution in [3.05, 3.63) is 53.6 Å². The molecule has 0 saturated heterocycles. The second-order valence-electron chi connectivity index (χ2n) is 6.77. The zero-order valence-electron chi connectivity index (χ0n) is 17.5. The highest BCUT2D eigenvalue weighted by molar-refractivity contribution is 5.93. The lowest BCUT2D eigenvalue weighted by molar-refractivity contribution is -0.146. The van der Waals surface area contributed by atoms with Gasteiger partial charge in [0.2, 0.25) is 0 Å². The van der Waals surface area contributed by atoms with E-state index in [0.29, 0.717) is 24.7 Å². The molecule has 0 atom stereocenters. The van der Waals surface area contributed by atoms with Crippen LogP contribution in [-0.2, 0) is 20.7 Å². The molecule has 0 heterocycles. The van der Waals surface area contributed by atoms with Crippen molar-refractivity contribution in [2.24, 2.45) is 0 Å². The number of ether oxygens (including phenoxy) is 3. The largest absolute Gasteiger partial charge is 0.490 e. The molecule has 0 spiro atoms. The summed E-state index contributed by atoms with van der Waals surface area (Å²) in [6.45, 7) is 8.57. The van der Waals surface area contributed by atoms with Gasteiger partial charge in [-0.2, -0.15) is 0 Å². The van der Waals surface area contributed by atoms with Crippen LogP contribution in [0.4, 0.5) is 5.69 Å². The van der Waals surface area contributed by atoms with Gasteiger partial charge in [-0.3, -0.25) is 9.59 Å². The Hall–Kier alpha value is -3.02. The van der Waals surface area contributed by atoms with E-state index in [4.69, 9.17) is 14.2 Å². The van der Waals surface area contributed by atoms with Crippen molar-refractivity contribution in [3.8, 4) is 11.5 Å². The molecule has 6 heteroatoms. The molecule has 29 heavy (non-hydrogen) atoms. The number of carbonyl (C=O) groups excluding carboxylic acids is 2. The van der Waals surface area contributed by atoms with Crippen LogP contribution in [0, 0.1) is 0 Å². The van der Waals surface area contributed by atoms with E-state index in [2.05, 4.69) is 19.2 Å². The highest BCUT2D eigenvalue weighted by Gasteiger charge is 2.13. The van der Waals surface area contributed by atoms with E-state index in [1.54, 1.807) is 18.2 Å². The fraction of sp³-hybridized carbons (Fsp3) is 0.391. The molecule has 0 bridgehead atoms. The minimum atomic E-state index is -0.482. The standard InChI is InChI=1S/C23H29NO5/c1-5-27-20-12-11-17(13-21(20)28-6-2)14-23(26)29-15-22(25)24-19-10-8-7-9-18(19)16(3)4/h7-13,16H,5-6,14-15H2,1-4H3,(H,24,25). The molecule has 0 unspecified atom stereocenters. The first-order chi connectivity index (χ1) is 13.9. The van der Waals surface area contributed by atoms with E-state index in [0.717, 1.165) is 16.8 Å². The Morgan fingerprint density at radius 2 is 1.66 bits per heavy atom. The van der Waals surface area contributed by atoms with Gasteiger partial charge in [0, 0.05) is 5.69 Å². The summed E-state index contributed by atoms with van der Waals surface area (Å²) in [4.78, 5) is 24.3. The van der Waals surface area contributed by atoms with Crippen molar-refractivity contribution in [1.29, 1.82) is 0 Å². The normalized spacial score (nSPS) is 10.5. The SMILES string of the molecule is CCOc1ccc(CC(=O)OCC(=O)Nc2ccccc2C(C)C)cc1OCC. The van der Waals surface area contributed by atoms with E-state index < -0.39 is 5.97 Å². The molecule has 0 aliphatic heterocycles. The lowest BCUT2D eigenvalue weighted by atomic mass is 10.0. The third-order valence-corrected chi connectivity index (χ3v) is 4.18. The van der Waals surface area contributed by atoms with Gasteiger partial charge in [0.05, 0.1) is 19.6 Å². The van der Waals surface area contributed by atoms with E-state index in [1.807, 2.05) is 38.1 Å². The summed E-state index contributed by atoms with van der Waals surface area (Å²) in [5, 5.41) is 2.81. The van der Waals surface area contributed by atoms with Gasteiger partial charge < -0.3 is 19.5 Å². The second-order valence-corrected chi connectivity index (χ2v) is 6.77. The number of anilines is 1. The van der Waals surface area contributed by atoms with Crippen molar-refractivity contribution in [2.45, 2.75) is 40.0 Å². The maximum atomic E-state index is 12.2. The van der Waals surface area contributed by atoms with Gasteiger partial charge in [0.25, 0.3) is 5.91 Å². The highest BCUT2D eigenvalue weighted by atomic mass is 16.5. The number of nitrogens with one attached hydrogen (secondary N) is 1. The summed E-state index contributed by atoms with van der Waals surface area (Å²) in [6, 6.07) is 12.9. The first kappa shape index (κ1) is 22.3. The first-order valence-electron chi connectivity index (χ1n) is 9.87. The van der Waals surface area contributed by atoms with Crippen molar-refractivity contribution in [3.63, 3.8) is 0 Å². The summed E-state index contributed by atoms with van der Waals surface area (Å²) < 4.78 is 16.2. The van der Waals surface area contributed by atoms with Crippen LogP contribution in [0.5, 0.6) is 11.5 Å². The van der Waals surface area contributed by atoms with Crippen LogP contribution < -0.4 is 14.8 Å². The molecule has 2 aromatic rings. The van der Waals surface area contributed by atoms with Gasteiger partial charge in [0.15, 0.2) is 18.1 Å². The zero-order valence-corrected chi connectivity index (χ0v) is 17.5. The highest BCUT2D eigenvalue weighted by Crippen LogP contribution is 2.29. The van der Waals surface area contributed by atoms with Gasteiger partial charge in [0.1, 0.15) is 0 Å². The number of hydrogen-bond acceptors (Lipinski definition) is 5. The number of hydrogen-bond donors (Lipinski definition) is 1. The Bertz CT molecular complexity index is 832. The Morgan fingerprint density at radius 1 is 0.966 bits per heavy atom. The van der Waals surface area contributed by atoms with Gasteiger partial charge >= 0.3 is 5.97 Å². The van der Waals surface area contributed by atoms with E-state index >= 15 is 0 Å². The molecule has 0 aliphatic carbocycles. The van der Waals surface area contributed by atoms with E-state index in [9.17, 15) is 9.59 Å². The summed E-state index contributed by atoms with van der Waals surface area (Å²) in [6.07, 6.45) is 0.0440. The van der Waals surface area contributed by atoms with Crippen LogP contribution in [-0.4, -0.2) is 31.7 Å². The van der Waals surface area contributed by atoms with Gasteiger partial charge in [-0.15, -0.1) is 0 Å². The summed E-state index contributed by atoms with van der Waals surface area (Å²) in [7, 11) is 0. The monoisotopic (exact) mass is 399 g/mol. The predicted octanol–water partition coefficient (Wildman–Crippen LogP) is 4.33. The number of amides is 1. The third kappa shape index (κ3) is 6.82. The molecule has 1 N–H and O–H groups in total. The molecule has 6 nitrogen and oxygen atoms in total. The summed E-state index contributed by atoms with van der Waals surface area (Å²) >= 11 is 0. The molecule has 2 aromatic carbocycles. The smallest absolute Gasteiger partial charge is 0.310 e. The fourth-order valence-corrected chi connectivity index (χ4v) is 2.87. The van der Waals surface area contributed by atoms with Crippen molar-refractivity contribution >= 4 is 17.6 Å². The fourth-order valence-electron chi connectivity index (χ4n) is 2.87. The number of carbonyl (C=O) groups is 2. The minimum Gasteiger partial charge on any atom is -0.490 e. The average Bonchev–Trinajstić information content (AvgIpc) is 2.69. The quantitative estimate of drug-likeness (QED) is 0.602. The van der Waals surface area contributed by atoms with Crippen LogP contribution in [0.15, 0.2) is 42.5 Å². The van der Waals surface area contributed by atoms with Crippen LogP contribution >= 0.6 is 0 Å². The lowest BCUT2D eigenvalue weighted by Gasteiger charge is -2.14. The number of rotatable bonds is 10. The predicted molar refractivity (Wildman–Crippen MR) is 113 cm³/mol. The van der Waals surface area contributed by atoms with Gasteiger partial charge in [-0.05, 0) is 49.1 Å². The Morgan fingerprint density at radius 3 is 2.34 bits per heavy atom. The minimum absolute atomic E-state index is 0.0440. The lowest BCUT2D eigenvalue weighted by Crippen LogP contribution is -2.22. The van der Waals surface area contributed by atoms with Gasteiger partial charge in [-0.25, -0.2) is 0 Å². The van der Waals surface area contributed by atoms with Gasteiger partial charge in [-0.1, -0.05) is 38.1 Å². The van der Waals surface area contributed by atoms with Crippen molar-refractivity contribution in [2.75, 3.05) is 25.1 Å². The number of benzene rings is 2. The summed E-state index contributed by atoms with van der Waals surface area (Å²) in [5.74, 6) is 0.641. The Labute approximate surface area is 172 Å². The molecule has 0 aliphatic rings. The molecular formula is C23H29NO5. The Kier molecular flexibility index (Phi) is 8.52. The molecule has 1 amide bonds. The maximum Gasteiger partial charge on any atom is 0.310 e. The molecule has 156 valence electrons. The van der Waals surface area contributed by atoms with Crippen LogP contribution in [0.25, 0.3) is 0 Å². The summed E-state index contributed by atoms with van der Waals surface area (Å²) in [5.41, 5.74) is 2.49. The molecule has 0 saturated carbocycles. The second kappa shape index (κ2) is 11.1. The molecule has 0 aromatic heterocycles. The average molecular weight is 399 g/mol. The number of para-hydroxylation sites is 1. The third-order valence-electron chi connectivity index (χ3n) is 4.18.